The molecule has 2 unspecified atom stereocenters. The second-order valence-electron chi connectivity index (χ2n) is 25.9. The van der Waals surface area contributed by atoms with Crippen LogP contribution < -0.4 is 20.9 Å². The number of carbonyl (C=O) groups is 2. The quantitative estimate of drug-likeness (QED) is 0.0676. The number of benzene rings is 4. The van der Waals surface area contributed by atoms with Crippen molar-refractivity contribution in [1.29, 1.82) is 10.5 Å². The molecule has 4 aromatic carbocycles. The Morgan fingerprint density at radius 2 is 0.976 bits per heavy atom. The van der Waals surface area contributed by atoms with Crippen LogP contribution >= 0.6 is 0 Å². The zero-order chi connectivity index (χ0) is 60.7. The molecule has 0 saturated carbocycles. The van der Waals surface area contributed by atoms with Crippen LogP contribution in [0.25, 0.3) is 43.9 Å². The van der Waals surface area contributed by atoms with Gasteiger partial charge in [-0.3, -0.25) is 9.13 Å². The van der Waals surface area contributed by atoms with E-state index >= 15 is 0 Å². The van der Waals surface area contributed by atoms with Gasteiger partial charge in [0, 0.05) is 63.7 Å². The summed E-state index contributed by atoms with van der Waals surface area (Å²) in [7, 11) is 0.626. The van der Waals surface area contributed by atoms with Crippen molar-refractivity contribution < 1.29 is 38.0 Å². The van der Waals surface area contributed by atoms with Gasteiger partial charge >= 0.3 is 12.2 Å². The number of hydrogen-bond donors (Lipinski definition) is 2. The van der Waals surface area contributed by atoms with Crippen molar-refractivity contribution in [2.24, 2.45) is 11.5 Å². The Hall–Kier alpha value is -7.31. The molecule has 436 valence electrons. The van der Waals surface area contributed by atoms with Crippen molar-refractivity contribution in [3.8, 4) is 23.6 Å². The van der Waals surface area contributed by atoms with E-state index in [1.54, 1.807) is 44.8 Å². The Morgan fingerprint density at radius 3 is 1.38 bits per heavy atom. The van der Waals surface area contributed by atoms with E-state index in [2.05, 4.69) is 51.4 Å². The molecule has 4 N–H and O–H groups in total. The second-order valence-corrected chi connectivity index (χ2v) is 37.1. The third-order valence-corrected chi connectivity index (χ3v) is 17.4. The molecule has 18 nitrogen and oxygen atoms in total. The van der Waals surface area contributed by atoms with E-state index < -0.39 is 50.6 Å². The maximum absolute atomic E-state index is 13.1. The van der Waals surface area contributed by atoms with Crippen molar-refractivity contribution >= 4 is 72.2 Å². The SMILES string of the molecule is COc1cc(C)c2c(ccn2C(=O)OC(C)(C)C)c1C(C)(N)c1nc2cc(C#N)ccc2n1COCC[Si](C)(C)C.COc1cc(C)c2c(ccn2C(=O)OC(C)(C)C)c1C(C)(N)c1nc2ccc(C#N)cc2n1COCC[Si](C)(C)C. The molecule has 8 aromatic rings. The van der Waals surface area contributed by atoms with E-state index in [4.69, 9.17) is 49.9 Å². The summed E-state index contributed by atoms with van der Waals surface area (Å²) in [5.41, 5.74) is 19.2. The summed E-state index contributed by atoms with van der Waals surface area (Å²) in [5.74, 6) is 2.28. The highest BCUT2D eigenvalue weighted by molar-refractivity contribution is 6.76. The van der Waals surface area contributed by atoms with Crippen molar-refractivity contribution in [3.63, 3.8) is 0 Å². The van der Waals surface area contributed by atoms with Gasteiger partial charge in [-0.05, 0) is 153 Å². The van der Waals surface area contributed by atoms with Gasteiger partial charge in [-0.25, -0.2) is 19.6 Å². The number of carbonyl (C=O) groups excluding carboxylic acids is 2. The number of nitriles is 2. The summed E-state index contributed by atoms with van der Waals surface area (Å²) in [6.07, 6.45) is 2.45. The van der Waals surface area contributed by atoms with Crippen LogP contribution in [0.5, 0.6) is 11.5 Å². The zero-order valence-electron chi connectivity index (χ0n) is 51.2. The van der Waals surface area contributed by atoms with Crippen LogP contribution in [-0.4, -0.2) is 95.2 Å². The van der Waals surface area contributed by atoms with Crippen LogP contribution in [0.4, 0.5) is 9.59 Å². The average molecular weight is 1150 g/mol. The van der Waals surface area contributed by atoms with Gasteiger partial charge in [0.1, 0.15) is 58.9 Å². The van der Waals surface area contributed by atoms with E-state index in [1.165, 1.54) is 9.13 Å². The lowest BCUT2D eigenvalue weighted by atomic mass is 9.87. The van der Waals surface area contributed by atoms with E-state index in [0.29, 0.717) is 80.7 Å². The summed E-state index contributed by atoms with van der Waals surface area (Å²) < 4.78 is 42.4. The number of methoxy groups -OCH3 is 2. The fraction of sp³-hybridized carbons (Fsp3) is 0.452. The topological polar surface area (TPSA) is 235 Å². The number of ether oxygens (including phenoxy) is 6. The fourth-order valence-electron chi connectivity index (χ4n) is 10.1. The van der Waals surface area contributed by atoms with Crippen LogP contribution in [0, 0.1) is 36.5 Å². The number of imidazole rings is 2. The average Bonchev–Trinajstić information content (AvgIpc) is 3.51. The molecule has 0 aliphatic heterocycles. The third-order valence-electron chi connectivity index (χ3n) is 14.0. The molecule has 2 atom stereocenters. The fourth-order valence-corrected chi connectivity index (χ4v) is 11.6. The first kappa shape index (κ1) is 62.3. The normalized spacial score (nSPS) is 13.8. The summed E-state index contributed by atoms with van der Waals surface area (Å²) in [4.78, 5) is 36.2. The van der Waals surface area contributed by atoms with Gasteiger partial charge in [0.15, 0.2) is 0 Å². The van der Waals surface area contributed by atoms with E-state index in [0.717, 1.165) is 45.0 Å². The number of hydrogen-bond acceptors (Lipinski definition) is 14. The number of rotatable bonds is 16. The van der Waals surface area contributed by atoms with Gasteiger partial charge < -0.3 is 49.0 Å². The molecule has 0 aliphatic rings. The first-order valence-corrected chi connectivity index (χ1v) is 35.0. The molecular weight excluding hydrogens is 1070 g/mol. The zero-order valence-corrected chi connectivity index (χ0v) is 53.2. The van der Waals surface area contributed by atoms with Crippen LogP contribution in [-0.2, 0) is 43.5 Å². The standard InChI is InChI=1S/2C31H41N5O4Si/c1-20-16-25(38-6)26(22-12-13-35(27(20)22)29(37)40-30(2,3)4)31(5,33)28-34-23-17-21(18-32)10-11-24(23)36(28)19-39-14-15-41(7,8)9;1-20-16-25(38-6)26(22-12-13-35(27(20)22)29(37)40-30(2,3)4)31(5,33)28-34-23-11-10-21(18-32)17-24(23)36(28)19-39-14-15-41(7,8)9/h2*10-13,16-17H,14-15,19,33H2,1-9H3. The Labute approximate surface area is 483 Å². The van der Waals surface area contributed by atoms with Gasteiger partial charge in [-0.2, -0.15) is 10.5 Å². The first-order valence-electron chi connectivity index (χ1n) is 27.5. The lowest BCUT2D eigenvalue weighted by molar-refractivity contribution is 0.0533. The molecule has 0 amide bonds. The highest BCUT2D eigenvalue weighted by Gasteiger charge is 2.39. The maximum atomic E-state index is 13.1. The van der Waals surface area contributed by atoms with Crippen molar-refractivity contribution in [2.75, 3.05) is 27.4 Å². The molecule has 0 spiro atoms. The van der Waals surface area contributed by atoms with Crippen LogP contribution in [0.15, 0.2) is 73.1 Å². The molecule has 82 heavy (non-hydrogen) atoms. The second kappa shape index (κ2) is 23.5. The van der Waals surface area contributed by atoms with E-state index in [1.807, 2.05) is 121 Å². The Kier molecular flexibility index (Phi) is 17.9. The van der Waals surface area contributed by atoms with Crippen molar-refractivity contribution in [2.45, 2.75) is 156 Å². The van der Waals surface area contributed by atoms with E-state index in [9.17, 15) is 20.1 Å². The molecule has 0 radical (unpaired) electrons. The van der Waals surface area contributed by atoms with Crippen LogP contribution in [0.3, 0.4) is 0 Å². The van der Waals surface area contributed by atoms with Crippen molar-refractivity contribution in [1.82, 2.24) is 28.2 Å². The van der Waals surface area contributed by atoms with Crippen LogP contribution in [0.2, 0.25) is 51.4 Å². The lowest BCUT2D eigenvalue weighted by Crippen LogP contribution is -2.38. The molecule has 0 saturated heterocycles. The number of aromatic nitrogens is 6. The number of nitrogens with zero attached hydrogens (tertiary/aromatic N) is 8. The minimum Gasteiger partial charge on any atom is -0.496 e. The summed E-state index contributed by atoms with van der Waals surface area (Å²) in [5, 5.41) is 20.6. The third kappa shape index (κ3) is 13.4. The monoisotopic (exact) mass is 1150 g/mol. The van der Waals surface area contributed by atoms with Gasteiger partial charge in [-0.15, -0.1) is 0 Å². The highest BCUT2D eigenvalue weighted by Crippen LogP contribution is 2.44. The van der Waals surface area contributed by atoms with Gasteiger partial charge in [0.2, 0.25) is 0 Å². The lowest BCUT2D eigenvalue weighted by Gasteiger charge is -2.29. The number of nitrogens with two attached hydrogens (primary N) is 2. The Morgan fingerprint density at radius 1 is 0.573 bits per heavy atom. The smallest absolute Gasteiger partial charge is 0.419 e. The Balaban J connectivity index is 0.000000236. The minimum absolute atomic E-state index is 0.230. The number of fused-ring (bicyclic) bond motifs is 4. The summed E-state index contributed by atoms with van der Waals surface area (Å²) >= 11 is 0. The molecule has 0 bridgehead atoms. The molecular formula is C62H82N10O8Si2. The summed E-state index contributed by atoms with van der Waals surface area (Å²) in [6, 6.07) is 24.7. The maximum Gasteiger partial charge on any atom is 0.419 e. The van der Waals surface area contributed by atoms with Gasteiger partial charge in [-0.1, -0.05) is 39.3 Å². The highest BCUT2D eigenvalue weighted by atomic mass is 28.3. The van der Waals surface area contributed by atoms with Crippen molar-refractivity contribution in [3.05, 3.63) is 118 Å². The first-order chi connectivity index (χ1) is 38.1. The van der Waals surface area contributed by atoms with Gasteiger partial charge in [0.25, 0.3) is 0 Å². The minimum atomic E-state index is -1.30. The van der Waals surface area contributed by atoms with Crippen LogP contribution in [0.1, 0.15) is 100 Å². The van der Waals surface area contributed by atoms with Gasteiger partial charge in [0.05, 0.1) is 70.6 Å². The molecule has 4 aromatic heterocycles. The summed E-state index contributed by atoms with van der Waals surface area (Å²) in [6.45, 7) is 34.2. The molecule has 8 rings (SSSR count). The molecule has 4 heterocycles. The predicted molar refractivity (Wildman–Crippen MR) is 328 cm³/mol. The predicted octanol–water partition coefficient (Wildman–Crippen LogP) is 13.0. The molecule has 20 heteroatoms. The molecule has 0 fully saturated rings. The Bertz CT molecular complexity index is 3660. The molecule has 0 aliphatic carbocycles. The van der Waals surface area contributed by atoms with E-state index in [-0.39, 0.29) is 13.5 Å². The largest absolute Gasteiger partial charge is 0.496 e. The number of aryl methyl sites for hydroxylation is 2.